The van der Waals surface area contributed by atoms with Crippen LogP contribution in [0.25, 0.3) is 10.8 Å². The molecule has 0 bridgehead atoms. The second-order valence-corrected chi connectivity index (χ2v) is 8.40. The summed E-state index contributed by atoms with van der Waals surface area (Å²) >= 11 is 2.29. The highest BCUT2D eigenvalue weighted by atomic mass is 127. The van der Waals surface area contributed by atoms with Crippen LogP contribution in [0.15, 0.2) is 83.9 Å². The Labute approximate surface area is 196 Å². The van der Waals surface area contributed by atoms with Gasteiger partial charge >= 0.3 is 0 Å². The van der Waals surface area contributed by atoms with Crippen LogP contribution < -0.4 is 9.47 Å². The summed E-state index contributed by atoms with van der Waals surface area (Å²) in [7, 11) is 1.67. The number of methoxy groups -OCH3 is 1. The topological polar surface area (TPSA) is 30.8 Å². The molecule has 4 rings (SSSR count). The van der Waals surface area contributed by atoms with Crippen molar-refractivity contribution in [3.05, 3.63) is 99.1 Å². The molecule has 4 aromatic rings. The van der Waals surface area contributed by atoms with Crippen molar-refractivity contribution in [3.63, 3.8) is 0 Å². The molecule has 0 aliphatic heterocycles. The molecule has 0 aromatic heterocycles. The maximum Gasteiger partial charge on any atom is 0.174 e. The Hall–Kier alpha value is -2.86. The van der Waals surface area contributed by atoms with Crippen molar-refractivity contribution in [1.82, 2.24) is 0 Å². The Morgan fingerprint density at radius 2 is 1.71 bits per heavy atom. The van der Waals surface area contributed by atoms with Gasteiger partial charge in [0.25, 0.3) is 0 Å². The van der Waals surface area contributed by atoms with Gasteiger partial charge in [0.2, 0.25) is 0 Å². The number of halogens is 1. The Morgan fingerprint density at radius 1 is 0.935 bits per heavy atom. The van der Waals surface area contributed by atoms with Crippen LogP contribution in [0.5, 0.6) is 11.5 Å². The molecular weight excluding hydrogens is 497 g/mol. The van der Waals surface area contributed by atoms with E-state index < -0.39 is 0 Å². The van der Waals surface area contributed by atoms with E-state index in [0.29, 0.717) is 12.4 Å². The molecule has 0 saturated carbocycles. The molecule has 4 heteroatoms. The van der Waals surface area contributed by atoms with E-state index in [4.69, 9.17) is 9.47 Å². The van der Waals surface area contributed by atoms with Gasteiger partial charge in [0.05, 0.1) is 16.4 Å². The minimum absolute atomic E-state index is 0.477. The highest BCUT2D eigenvalue weighted by Gasteiger charge is 2.12. The summed E-state index contributed by atoms with van der Waals surface area (Å²) in [6.07, 6.45) is 2.89. The van der Waals surface area contributed by atoms with Gasteiger partial charge < -0.3 is 9.47 Å². The number of hydrogen-bond donors (Lipinski definition) is 0. The molecule has 0 aliphatic rings. The van der Waals surface area contributed by atoms with Crippen molar-refractivity contribution in [1.29, 1.82) is 0 Å². The second-order valence-electron chi connectivity index (χ2n) is 7.24. The molecule has 31 heavy (non-hydrogen) atoms. The summed E-state index contributed by atoms with van der Waals surface area (Å²) in [5.74, 6) is 1.45. The Balaban J connectivity index is 1.55. The van der Waals surface area contributed by atoms with E-state index in [0.717, 1.165) is 32.6 Å². The first-order chi connectivity index (χ1) is 15.2. The van der Waals surface area contributed by atoms with E-state index in [1.165, 1.54) is 16.3 Å². The second kappa shape index (κ2) is 9.96. The smallest absolute Gasteiger partial charge is 0.174 e. The van der Waals surface area contributed by atoms with Gasteiger partial charge in [-0.15, -0.1) is 0 Å². The molecule has 0 heterocycles. The number of hydrogen-bond acceptors (Lipinski definition) is 3. The first-order valence-corrected chi connectivity index (χ1v) is 11.4. The zero-order chi connectivity index (χ0) is 21.6. The summed E-state index contributed by atoms with van der Waals surface area (Å²) in [4.78, 5) is 4.60. The van der Waals surface area contributed by atoms with Crippen LogP contribution in [0.2, 0.25) is 0 Å². The van der Waals surface area contributed by atoms with Gasteiger partial charge in [0, 0.05) is 6.21 Å². The highest BCUT2D eigenvalue weighted by molar-refractivity contribution is 14.1. The molecule has 0 unspecified atom stereocenters. The monoisotopic (exact) mass is 521 g/mol. The molecule has 156 valence electrons. The number of aryl methyl sites for hydroxylation is 1. The van der Waals surface area contributed by atoms with E-state index in [1.54, 1.807) is 7.11 Å². The summed E-state index contributed by atoms with van der Waals surface area (Å²) < 4.78 is 12.8. The maximum atomic E-state index is 6.22. The standard InChI is InChI=1S/C27H24INO2/c1-3-19-11-13-23(14-12-19)29-17-20-15-25(28)27(26(16-20)30-2)31-18-22-9-6-8-21-7-4-5-10-24(21)22/h4-17H,3,18H2,1-2H3. The maximum absolute atomic E-state index is 6.22. The Bertz CT molecular complexity index is 1210. The van der Waals surface area contributed by atoms with E-state index in [9.17, 15) is 0 Å². The van der Waals surface area contributed by atoms with Gasteiger partial charge in [-0.2, -0.15) is 0 Å². The van der Waals surface area contributed by atoms with Crippen LogP contribution in [0.4, 0.5) is 5.69 Å². The fourth-order valence-corrected chi connectivity index (χ4v) is 4.27. The molecule has 3 nitrogen and oxygen atoms in total. The first-order valence-electron chi connectivity index (χ1n) is 10.3. The normalized spacial score (nSPS) is 11.2. The van der Waals surface area contributed by atoms with Crippen LogP contribution in [-0.2, 0) is 13.0 Å². The van der Waals surface area contributed by atoms with Gasteiger partial charge in [-0.05, 0) is 80.7 Å². The lowest BCUT2D eigenvalue weighted by Gasteiger charge is -2.14. The third kappa shape index (κ3) is 5.07. The SMILES string of the molecule is CCc1ccc(N=Cc2cc(I)c(OCc3cccc4ccccc34)c(OC)c2)cc1. The van der Waals surface area contributed by atoms with Crippen LogP contribution in [0, 0.1) is 3.57 Å². The summed E-state index contributed by atoms with van der Waals surface area (Å²) in [5, 5.41) is 2.42. The molecule has 4 aromatic carbocycles. The van der Waals surface area contributed by atoms with E-state index in [-0.39, 0.29) is 0 Å². The van der Waals surface area contributed by atoms with Crippen molar-refractivity contribution >= 4 is 45.3 Å². The number of nitrogens with zero attached hydrogens (tertiary/aromatic N) is 1. The zero-order valence-electron chi connectivity index (χ0n) is 17.6. The lowest BCUT2D eigenvalue weighted by molar-refractivity contribution is 0.283. The van der Waals surface area contributed by atoms with Crippen molar-refractivity contribution in [2.24, 2.45) is 4.99 Å². The highest BCUT2D eigenvalue weighted by Crippen LogP contribution is 2.35. The molecule has 0 fully saturated rings. The zero-order valence-corrected chi connectivity index (χ0v) is 19.8. The lowest BCUT2D eigenvalue weighted by atomic mass is 10.1. The van der Waals surface area contributed by atoms with Crippen LogP contribution in [0.3, 0.4) is 0 Å². The van der Waals surface area contributed by atoms with Crippen LogP contribution >= 0.6 is 22.6 Å². The number of rotatable bonds is 7. The van der Waals surface area contributed by atoms with E-state index in [2.05, 4.69) is 95.2 Å². The molecule has 0 atom stereocenters. The van der Waals surface area contributed by atoms with Crippen molar-refractivity contribution in [2.45, 2.75) is 20.0 Å². The first kappa shape index (κ1) is 21.4. The third-order valence-corrected chi connectivity index (χ3v) is 6.01. The quantitative estimate of drug-likeness (QED) is 0.188. The fraction of sp³-hybridized carbons (Fsp3) is 0.148. The average Bonchev–Trinajstić information content (AvgIpc) is 2.82. The lowest BCUT2D eigenvalue weighted by Crippen LogP contribution is -2.01. The molecular formula is C27H24INO2. The van der Waals surface area contributed by atoms with Crippen LogP contribution in [-0.4, -0.2) is 13.3 Å². The Kier molecular flexibility index (Phi) is 6.87. The van der Waals surface area contributed by atoms with E-state index >= 15 is 0 Å². The minimum atomic E-state index is 0.477. The largest absolute Gasteiger partial charge is 0.493 e. The molecule has 0 N–H and O–H groups in total. The number of ether oxygens (including phenoxy) is 2. The number of aliphatic imine (C=N–C) groups is 1. The van der Waals surface area contributed by atoms with Gasteiger partial charge in [-0.3, -0.25) is 4.99 Å². The number of fused-ring (bicyclic) bond motifs is 1. The summed E-state index contributed by atoms with van der Waals surface area (Å²) in [5.41, 5.74) is 4.36. The van der Waals surface area contributed by atoms with Crippen LogP contribution in [0.1, 0.15) is 23.6 Å². The van der Waals surface area contributed by atoms with Gasteiger partial charge in [-0.1, -0.05) is 61.5 Å². The molecule has 0 aliphatic carbocycles. The van der Waals surface area contributed by atoms with E-state index in [1.807, 2.05) is 24.4 Å². The molecule has 0 radical (unpaired) electrons. The Morgan fingerprint density at radius 3 is 2.48 bits per heavy atom. The summed E-state index contributed by atoms with van der Waals surface area (Å²) in [6.45, 7) is 2.63. The predicted octanol–water partition coefficient (Wildman–Crippen LogP) is 7.35. The van der Waals surface area contributed by atoms with Crippen molar-refractivity contribution < 1.29 is 9.47 Å². The summed E-state index contributed by atoms with van der Waals surface area (Å²) in [6, 6.07) is 27.0. The van der Waals surface area contributed by atoms with Crippen molar-refractivity contribution in [2.75, 3.05) is 7.11 Å². The molecule has 0 amide bonds. The van der Waals surface area contributed by atoms with Gasteiger partial charge in [0.15, 0.2) is 11.5 Å². The number of benzene rings is 4. The predicted molar refractivity (Wildman–Crippen MR) is 137 cm³/mol. The third-order valence-electron chi connectivity index (χ3n) is 5.21. The van der Waals surface area contributed by atoms with Gasteiger partial charge in [0.1, 0.15) is 6.61 Å². The van der Waals surface area contributed by atoms with Crippen molar-refractivity contribution in [3.8, 4) is 11.5 Å². The molecule has 0 spiro atoms. The average molecular weight is 521 g/mol. The molecule has 0 saturated heterocycles. The fourth-order valence-electron chi connectivity index (χ4n) is 3.49. The van der Waals surface area contributed by atoms with Gasteiger partial charge in [-0.25, -0.2) is 0 Å². The minimum Gasteiger partial charge on any atom is -0.493 e.